The van der Waals surface area contributed by atoms with E-state index in [0.717, 1.165) is 57.8 Å². The second kappa shape index (κ2) is 43.5. The van der Waals surface area contributed by atoms with Crippen molar-refractivity contribution in [2.75, 3.05) is 33.0 Å². The highest BCUT2D eigenvalue weighted by molar-refractivity contribution is 7.47. The second-order valence-electron chi connectivity index (χ2n) is 14.7. The van der Waals surface area contributed by atoms with E-state index in [1.54, 1.807) is 0 Å². The number of aliphatic hydroxyl groups is 2. The lowest BCUT2D eigenvalue weighted by atomic mass is 10.0. The molecule has 0 radical (unpaired) electrons. The number of aliphatic hydroxyl groups excluding tert-OH is 2. The largest absolute Gasteiger partial charge is 0.472 e. The van der Waals surface area contributed by atoms with E-state index >= 15 is 0 Å². The molecule has 10 heteroatoms. The summed E-state index contributed by atoms with van der Waals surface area (Å²) in [4.78, 5) is 22.6. The van der Waals surface area contributed by atoms with Crippen LogP contribution in [0.25, 0.3) is 0 Å². The van der Waals surface area contributed by atoms with Crippen molar-refractivity contribution in [3.05, 3.63) is 72.9 Å². The third kappa shape index (κ3) is 43.3. The molecular weight excluding hydrogens is 739 g/mol. The first-order valence-electron chi connectivity index (χ1n) is 22.4. The highest BCUT2D eigenvalue weighted by Crippen LogP contribution is 2.43. The second-order valence-corrected chi connectivity index (χ2v) is 16.1. The zero-order valence-corrected chi connectivity index (χ0v) is 36.9. The monoisotopic (exact) mass is 823 g/mol. The average Bonchev–Trinajstić information content (AvgIpc) is 3.20. The molecule has 0 saturated heterocycles. The van der Waals surface area contributed by atoms with Gasteiger partial charge in [0.25, 0.3) is 0 Å². The Labute approximate surface area is 348 Å². The number of esters is 1. The first-order valence-corrected chi connectivity index (χ1v) is 23.9. The van der Waals surface area contributed by atoms with Crippen molar-refractivity contribution in [1.82, 2.24) is 0 Å². The molecule has 0 aromatic carbocycles. The molecule has 0 aromatic heterocycles. The van der Waals surface area contributed by atoms with Crippen LogP contribution in [0.3, 0.4) is 0 Å². The molecule has 0 heterocycles. The molecule has 0 aromatic rings. The van der Waals surface area contributed by atoms with Crippen LogP contribution in [0.2, 0.25) is 0 Å². The molecule has 0 spiro atoms. The number of hydrogen-bond acceptors (Lipinski definition) is 8. The molecule has 0 aliphatic heterocycles. The lowest BCUT2D eigenvalue weighted by molar-refractivity contribution is -0.154. The van der Waals surface area contributed by atoms with Gasteiger partial charge in [-0.25, -0.2) is 4.57 Å². The summed E-state index contributed by atoms with van der Waals surface area (Å²) in [7, 11) is -4.54. The van der Waals surface area contributed by atoms with Crippen molar-refractivity contribution in [2.45, 2.75) is 187 Å². The standard InChI is InChI=1S/C47H83O9P/c1-3-5-7-9-11-13-15-17-19-21-22-23-25-27-29-31-33-35-37-39-47(50)56-46(44-55-57(51,52)54-42-45(49)41-48)43-53-40-38-36-34-32-30-28-26-24-20-18-16-14-12-10-8-6-4-2/h5,7,11,13,17,19,22-23,27,29,33,35,45-46,48-49H,3-4,6,8-10,12,14-16,18,20-21,24-26,28,30-32,34,36-44H2,1-2H3,(H,51,52)/b7-5-,13-11-,19-17-,23-22-,29-27-,35-33-. The topological polar surface area (TPSA) is 132 Å². The Morgan fingerprint density at radius 1 is 0.561 bits per heavy atom. The minimum absolute atomic E-state index is 0.0176. The number of rotatable bonds is 42. The summed E-state index contributed by atoms with van der Waals surface area (Å²) >= 11 is 0. The fourth-order valence-corrected chi connectivity index (χ4v) is 6.58. The molecule has 57 heavy (non-hydrogen) atoms. The highest BCUT2D eigenvalue weighted by Gasteiger charge is 2.26. The summed E-state index contributed by atoms with van der Waals surface area (Å²) in [6.45, 7) is 3.31. The Balaban J connectivity index is 4.28. The normalized spacial score (nSPS) is 14.7. The minimum Gasteiger partial charge on any atom is -0.457 e. The summed E-state index contributed by atoms with van der Waals surface area (Å²) in [6, 6.07) is 0. The van der Waals surface area contributed by atoms with E-state index in [1.807, 2.05) is 12.2 Å². The third-order valence-electron chi connectivity index (χ3n) is 9.17. The van der Waals surface area contributed by atoms with E-state index in [4.69, 9.17) is 23.6 Å². The lowest BCUT2D eigenvalue weighted by Crippen LogP contribution is -2.29. The number of carbonyl (C=O) groups excluding carboxylic acids is 1. The minimum atomic E-state index is -4.54. The number of carbonyl (C=O) groups is 1. The van der Waals surface area contributed by atoms with Crippen LogP contribution in [0, 0.1) is 0 Å². The Bertz CT molecular complexity index is 1110. The van der Waals surface area contributed by atoms with Gasteiger partial charge in [-0.2, -0.15) is 0 Å². The Kier molecular flexibility index (Phi) is 41.9. The Hall–Kier alpha value is -2.10. The SMILES string of the molecule is CC/C=C\C/C=C\C/C=C\C/C=C\C/C=C\C/C=C\CCC(=O)OC(COCCCCCCCCCCCCCCCCCCC)COP(=O)(O)OCC(O)CO. The average molecular weight is 823 g/mol. The van der Waals surface area contributed by atoms with Crippen molar-refractivity contribution >= 4 is 13.8 Å². The van der Waals surface area contributed by atoms with Crippen LogP contribution in [0.1, 0.15) is 174 Å². The van der Waals surface area contributed by atoms with Crippen molar-refractivity contribution in [2.24, 2.45) is 0 Å². The molecule has 330 valence electrons. The lowest BCUT2D eigenvalue weighted by Gasteiger charge is -2.20. The quantitative estimate of drug-likeness (QED) is 0.0238. The fourth-order valence-electron chi connectivity index (χ4n) is 5.79. The van der Waals surface area contributed by atoms with Gasteiger partial charge in [-0.15, -0.1) is 0 Å². The van der Waals surface area contributed by atoms with Crippen molar-refractivity contribution in [3.8, 4) is 0 Å². The molecule has 0 saturated carbocycles. The van der Waals surface area contributed by atoms with Crippen LogP contribution in [-0.4, -0.2) is 66.3 Å². The van der Waals surface area contributed by atoms with Crippen LogP contribution in [0.15, 0.2) is 72.9 Å². The Morgan fingerprint density at radius 3 is 1.40 bits per heavy atom. The molecule has 0 fully saturated rings. The zero-order valence-electron chi connectivity index (χ0n) is 36.0. The number of phosphoric acid groups is 1. The van der Waals surface area contributed by atoms with E-state index in [0.29, 0.717) is 13.0 Å². The van der Waals surface area contributed by atoms with Crippen LogP contribution >= 0.6 is 7.82 Å². The van der Waals surface area contributed by atoms with E-state index in [1.165, 1.54) is 89.9 Å². The van der Waals surface area contributed by atoms with Crippen molar-refractivity contribution < 1.29 is 43.0 Å². The van der Waals surface area contributed by atoms with Gasteiger partial charge in [-0.1, -0.05) is 189 Å². The molecule has 9 nitrogen and oxygen atoms in total. The van der Waals surface area contributed by atoms with Gasteiger partial charge in [0.05, 0.1) is 26.4 Å². The first-order chi connectivity index (χ1) is 27.8. The summed E-state index contributed by atoms with van der Waals surface area (Å²) in [5.74, 6) is -0.464. The van der Waals surface area contributed by atoms with Gasteiger partial charge >= 0.3 is 13.8 Å². The number of unbranched alkanes of at least 4 members (excludes halogenated alkanes) is 16. The molecular formula is C47H83O9P. The summed E-state index contributed by atoms with van der Waals surface area (Å²) in [5, 5.41) is 18.4. The molecule has 0 amide bonds. The summed E-state index contributed by atoms with van der Waals surface area (Å²) in [5.41, 5.74) is 0. The van der Waals surface area contributed by atoms with Crippen molar-refractivity contribution in [3.63, 3.8) is 0 Å². The predicted molar refractivity (Wildman–Crippen MR) is 237 cm³/mol. The van der Waals surface area contributed by atoms with Gasteiger partial charge in [0.15, 0.2) is 0 Å². The number of hydrogen-bond donors (Lipinski definition) is 3. The van der Waals surface area contributed by atoms with Gasteiger partial charge in [0, 0.05) is 13.0 Å². The highest BCUT2D eigenvalue weighted by atomic mass is 31.2. The van der Waals surface area contributed by atoms with Crippen molar-refractivity contribution in [1.29, 1.82) is 0 Å². The van der Waals surface area contributed by atoms with Crippen LogP contribution in [-0.2, 0) is 27.9 Å². The maximum atomic E-state index is 12.6. The predicted octanol–water partition coefficient (Wildman–Crippen LogP) is 12.5. The van der Waals surface area contributed by atoms with Gasteiger partial charge in [-0.05, 0) is 51.4 Å². The van der Waals surface area contributed by atoms with Gasteiger partial charge < -0.3 is 24.6 Å². The van der Waals surface area contributed by atoms with Crippen LogP contribution in [0.4, 0.5) is 0 Å². The molecule has 0 bridgehead atoms. The smallest absolute Gasteiger partial charge is 0.457 e. The zero-order chi connectivity index (χ0) is 41.8. The number of ether oxygens (including phenoxy) is 2. The van der Waals surface area contributed by atoms with Crippen LogP contribution in [0.5, 0.6) is 0 Å². The Morgan fingerprint density at radius 2 is 0.965 bits per heavy atom. The van der Waals surface area contributed by atoms with E-state index in [-0.39, 0.29) is 13.0 Å². The first kappa shape index (κ1) is 54.9. The molecule has 0 aliphatic rings. The summed E-state index contributed by atoms with van der Waals surface area (Å²) < 4.78 is 33.3. The number of phosphoric ester groups is 1. The molecule has 3 N–H and O–H groups in total. The van der Waals surface area contributed by atoms with Gasteiger partial charge in [0.2, 0.25) is 0 Å². The maximum Gasteiger partial charge on any atom is 0.472 e. The van der Waals surface area contributed by atoms with Gasteiger partial charge in [0.1, 0.15) is 12.2 Å². The van der Waals surface area contributed by atoms with E-state index < -0.39 is 45.8 Å². The maximum absolute atomic E-state index is 12.6. The third-order valence-corrected chi connectivity index (χ3v) is 10.1. The molecule has 0 aliphatic carbocycles. The number of allylic oxidation sites excluding steroid dienone is 12. The van der Waals surface area contributed by atoms with E-state index in [9.17, 15) is 19.4 Å². The van der Waals surface area contributed by atoms with E-state index in [2.05, 4.69) is 74.6 Å². The summed E-state index contributed by atoms with van der Waals surface area (Å²) in [6.07, 6.45) is 51.6. The fraction of sp³-hybridized carbons (Fsp3) is 0.723. The van der Waals surface area contributed by atoms with Gasteiger partial charge in [-0.3, -0.25) is 13.8 Å². The molecule has 3 unspecified atom stereocenters. The molecule has 3 atom stereocenters. The van der Waals surface area contributed by atoms with Crippen LogP contribution < -0.4 is 0 Å². The molecule has 0 rings (SSSR count).